The Balaban J connectivity index is 2.02. The van der Waals surface area contributed by atoms with Gasteiger partial charge in [0.25, 0.3) is 5.91 Å². The number of carboxylic acids is 1. The highest BCUT2D eigenvalue weighted by atomic mass is 16.4. The van der Waals surface area contributed by atoms with Gasteiger partial charge in [-0.2, -0.15) is 0 Å². The highest BCUT2D eigenvalue weighted by Gasteiger charge is 2.34. The molecular formula is C15H18N2O4. The Morgan fingerprint density at radius 1 is 1.24 bits per heavy atom. The van der Waals surface area contributed by atoms with Crippen molar-refractivity contribution in [3.05, 3.63) is 35.4 Å². The Labute approximate surface area is 122 Å². The van der Waals surface area contributed by atoms with Gasteiger partial charge in [0.1, 0.15) is 6.04 Å². The normalized spacial score (nSPS) is 18.1. The highest BCUT2D eigenvalue weighted by Crippen LogP contribution is 2.15. The van der Waals surface area contributed by atoms with Gasteiger partial charge < -0.3 is 15.3 Å². The quantitative estimate of drug-likeness (QED) is 0.870. The molecule has 0 spiro atoms. The fourth-order valence-electron chi connectivity index (χ4n) is 2.35. The number of nitrogens with zero attached hydrogens (tertiary/aromatic N) is 1. The molecule has 21 heavy (non-hydrogen) atoms. The molecule has 1 saturated heterocycles. The topological polar surface area (TPSA) is 86.7 Å². The maximum atomic E-state index is 12.1. The van der Waals surface area contributed by atoms with Crippen LogP contribution in [0.15, 0.2) is 24.3 Å². The smallest absolute Gasteiger partial charge is 0.335 e. The number of amides is 2. The van der Waals surface area contributed by atoms with Crippen LogP contribution in [-0.2, 0) is 4.79 Å². The van der Waals surface area contributed by atoms with E-state index in [-0.39, 0.29) is 23.4 Å². The summed E-state index contributed by atoms with van der Waals surface area (Å²) in [6, 6.07) is 5.24. The molecule has 1 aliphatic heterocycles. The number of carbonyl (C=O) groups excluding carboxylic acids is 2. The van der Waals surface area contributed by atoms with Crippen molar-refractivity contribution in [2.45, 2.75) is 32.4 Å². The first-order valence-corrected chi connectivity index (χ1v) is 6.85. The average Bonchev–Trinajstić information content (AvgIpc) is 2.80. The summed E-state index contributed by atoms with van der Waals surface area (Å²) in [5.74, 6) is -1.48. The van der Waals surface area contributed by atoms with Crippen LogP contribution in [0.25, 0.3) is 0 Å². The van der Waals surface area contributed by atoms with Crippen LogP contribution < -0.4 is 5.32 Å². The molecule has 0 aromatic heterocycles. The zero-order valence-corrected chi connectivity index (χ0v) is 12.0. The second-order valence-corrected chi connectivity index (χ2v) is 5.32. The molecule has 112 valence electrons. The van der Waals surface area contributed by atoms with Gasteiger partial charge >= 0.3 is 5.97 Å². The minimum atomic E-state index is -1.04. The lowest BCUT2D eigenvalue weighted by Gasteiger charge is -2.21. The van der Waals surface area contributed by atoms with Crippen molar-refractivity contribution in [3.8, 4) is 0 Å². The van der Waals surface area contributed by atoms with E-state index in [2.05, 4.69) is 5.32 Å². The average molecular weight is 290 g/mol. The number of benzene rings is 1. The van der Waals surface area contributed by atoms with E-state index < -0.39 is 12.0 Å². The van der Waals surface area contributed by atoms with Gasteiger partial charge in [0, 0.05) is 18.2 Å². The largest absolute Gasteiger partial charge is 0.478 e. The SMILES string of the molecule is CC(C)N1CCC(NC(=O)c2ccc(C(=O)O)cc2)C1=O. The summed E-state index contributed by atoms with van der Waals surface area (Å²) < 4.78 is 0. The van der Waals surface area contributed by atoms with Gasteiger partial charge in [-0.05, 0) is 44.5 Å². The molecule has 0 saturated carbocycles. The van der Waals surface area contributed by atoms with Crippen molar-refractivity contribution in [1.29, 1.82) is 0 Å². The number of aromatic carboxylic acids is 1. The van der Waals surface area contributed by atoms with Crippen LogP contribution in [-0.4, -0.2) is 46.4 Å². The first-order chi connectivity index (χ1) is 9.90. The van der Waals surface area contributed by atoms with Crippen molar-refractivity contribution < 1.29 is 19.5 Å². The summed E-state index contributed by atoms with van der Waals surface area (Å²) >= 11 is 0. The van der Waals surface area contributed by atoms with Gasteiger partial charge in [0.05, 0.1) is 5.56 Å². The van der Waals surface area contributed by atoms with Crippen LogP contribution in [0, 0.1) is 0 Å². The Hall–Kier alpha value is -2.37. The zero-order chi connectivity index (χ0) is 15.6. The number of nitrogens with one attached hydrogen (secondary N) is 1. The minimum Gasteiger partial charge on any atom is -0.478 e. The maximum absolute atomic E-state index is 12.1. The van der Waals surface area contributed by atoms with Crippen LogP contribution >= 0.6 is 0 Å². The number of rotatable bonds is 4. The van der Waals surface area contributed by atoms with Gasteiger partial charge in [0.2, 0.25) is 5.91 Å². The molecular weight excluding hydrogens is 272 g/mol. The van der Waals surface area contributed by atoms with Gasteiger partial charge in [0.15, 0.2) is 0 Å². The number of likely N-dealkylation sites (tertiary alicyclic amines) is 1. The van der Waals surface area contributed by atoms with Crippen LogP contribution in [0.5, 0.6) is 0 Å². The first kappa shape index (κ1) is 15.0. The first-order valence-electron chi connectivity index (χ1n) is 6.85. The predicted molar refractivity (Wildman–Crippen MR) is 76.1 cm³/mol. The molecule has 2 rings (SSSR count). The van der Waals surface area contributed by atoms with Crippen LogP contribution in [0.1, 0.15) is 41.0 Å². The van der Waals surface area contributed by atoms with Crippen molar-refractivity contribution >= 4 is 17.8 Å². The molecule has 6 heteroatoms. The van der Waals surface area contributed by atoms with E-state index in [0.29, 0.717) is 18.5 Å². The fourth-order valence-corrected chi connectivity index (χ4v) is 2.35. The monoisotopic (exact) mass is 290 g/mol. The molecule has 0 radical (unpaired) electrons. The lowest BCUT2D eigenvalue weighted by atomic mass is 10.1. The van der Waals surface area contributed by atoms with E-state index in [1.165, 1.54) is 24.3 Å². The Morgan fingerprint density at radius 2 is 1.81 bits per heavy atom. The second-order valence-electron chi connectivity index (χ2n) is 5.32. The molecule has 1 aliphatic rings. The Morgan fingerprint density at radius 3 is 2.29 bits per heavy atom. The molecule has 1 heterocycles. The van der Waals surface area contributed by atoms with E-state index in [1.54, 1.807) is 4.90 Å². The Bertz CT molecular complexity index is 566. The fraction of sp³-hybridized carbons (Fsp3) is 0.400. The van der Waals surface area contributed by atoms with E-state index in [9.17, 15) is 14.4 Å². The minimum absolute atomic E-state index is 0.0690. The molecule has 1 aromatic carbocycles. The molecule has 1 aromatic rings. The van der Waals surface area contributed by atoms with Gasteiger partial charge in [-0.3, -0.25) is 9.59 Å². The lowest BCUT2D eigenvalue weighted by molar-refractivity contribution is -0.130. The number of carbonyl (C=O) groups is 3. The van der Waals surface area contributed by atoms with Gasteiger partial charge in [-0.25, -0.2) is 4.79 Å². The summed E-state index contributed by atoms with van der Waals surface area (Å²) in [6.07, 6.45) is 0.593. The number of carboxylic acid groups (broad SMARTS) is 1. The summed E-state index contributed by atoms with van der Waals surface area (Å²) in [5, 5.41) is 11.5. The molecule has 2 N–H and O–H groups in total. The molecule has 2 amide bonds. The Kier molecular flexibility index (Phi) is 4.26. The van der Waals surface area contributed by atoms with E-state index in [4.69, 9.17) is 5.11 Å². The summed E-state index contributed by atoms with van der Waals surface area (Å²) in [6.45, 7) is 4.51. The molecule has 1 atom stereocenters. The third kappa shape index (κ3) is 3.21. The van der Waals surface area contributed by atoms with Crippen LogP contribution in [0.2, 0.25) is 0 Å². The molecule has 0 bridgehead atoms. The third-order valence-electron chi connectivity index (χ3n) is 3.56. The summed E-state index contributed by atoms with van der Waals surface area (Å²) in [4.78, 5) is 36.7. The van der Waals surface area contributed by atoms with Crippen molar-refractivity contribution in [2.75, 3.05) is 6.54 Å². The lowest BCUT2D eigenvalue weighted by Crippen LogP contribution is -2.43. The van der Waals surface area contributed by atoms with Crippen LogP contribution in [0.3, 0.4) is 0 Å². The third-order valence-corrected chi connectivity index (χ3v) is 3.56. The summed E-state index contributed by atoms with van der Waals surface area (Å²) in [5.41, 5.74) is 0.463. The van der Waals surface area contributed by atoms with Gasteiger partial charge in [-0.1, -0.05) is 0 Å². The van der Waals surface area contributed by atoms with Crippen molar-refractivity contribution in [1.82, 2.24) is 10.2 Å². The standard InChI is InChI=1S/C15H18N2O4/c1-9(2)17-8-7-12(14(17)19)16-13(18)10-3-5-11(6-4-10)15(20)21/h3-6,9,12H,7-8H2,1-2H3,(H,16,18)(H,20,21). The van der Waals surface area contributed by atoms with Crippen LogP contribution in [0.4, 0.5) is 0 Å². The molecule has 0 aliphatic carbocycles. The van der Waals surface area contributed by atoms with Crippen molar-refractivity contribution in [3.63, 3.8) is 0 Å². The number of hydrogen-bond acceptors (Lipinski definition) is 3. The maximum Gasteiger partial charge on any atom is 0.335 e. The van der Waals surface area contributed by atoms with E-state index >= 15 is 0 Å². The predicted octanol–water partition coefficient (Wildman–Crippen LogP) is 1.12. The molecule has 1 unspecified atom stereocenters. The van der Waals surface area contributed by atoms with Gasteiger partial charge in [-0.15, -0.1) is 0 Å². The number of hydrogen-bond donors (Lipinski definition) is 2. The second kappa shape index (κ2) is 5.95. The summed E-state index contributed by atoms with van der Waals surface area (Å²) in [7, 11) is 0. The highest BCUT2D eigenvalue weighted by molar-refractivity contribution is 5.99. The van der Waals surface area contributed by atoms with E-state index in [0.717, 1.165) is 0 Å². The zero-order valence-electron chi connectivity index (χ0n) is 12.0. The van der Waals surface area contributed by atoms with Crippen molar-refractivity contribution in [2.24, 2.45) is 0 Å². The molecule has 6 nitrogen and oxygen atoms in total. The molecule has 1 fully saturated rings. The van der Waals surface area contributed by atoms with E-state index in [1.807, 2.05) is 13.8 Å².